The van der Waals surface area contributed by atoms with E-state index in [2.05, 4.69) is 15.3 Å². The molecule has 5 nitrogen and oxygen atoms in total. The number of amides is 1. The topological polar surface area (TPSA) is 81.6 Å². The van der Waals surface area contributed by atoms with Crippen LogP contribution >= 0.6 is 0 Å². The van der Waals surface area contributed by atoms with Gasteiger partial charge in [-0.2, -0.15) is 5.26 Å². The van der Waals surface area contributed by atoms with E-state index in [0.717, 1.165) is 16.8 Å². The summed E-state index contributed by atoms with van der Waals surface area (Å²) in [6.45, 7) is 0. The Hall–Kier alpha value is -2.61. The van der Waals surface area contributed by atoms with Gasteiger partial charge < -0.3 is 10.3 Å². The number of imidazole rings is 1. The quantitative estimate of drug-likeness (QED) is 0.769. The van der Waals surface area contributed by atoms with Gasteiger partial charge in [-0.1, -0.05) is 6.07 Å². The van der Waals surface area contributed by atoms with Crippen LogP contribution < -0.4 is 5.32 Å². The monoisotopic (exact) mass is 224 g/mol. The van der Waals surface area contributed by atoms with Gasteiger partial charge in [-0.3, -0.25) is 4.79 Å². The lowest BCUT2D eigenvalue weighted by molar-refractivity contribution is -0.115. The molecule has 0 fully saturated rings. The van der Waals surface area contributed by atoms with Gasteiger partial charge in [0.1, 0.15) is 6.07 Å². The smallest absolute Gasteiger partial charge is 0.228 e. The van der Waals surface area contributed by atoms with Crippen molar-refractivity contribution in [3.63, 3.8) is 0 Å². The fourth-order valence-corrected chi connectivity index (χ4v) is 1.98. The van der Waals surface area contributed by atoms with Crippen molar-refractivity contribution in [2.75, 3.05) is 5.32 Å². The molecule has 1 amide bonds. The first-order valence-corrected chi connectivity index (χ1v) is 5.14. The molecule has 2 N–H and O–H groups in total. The number of hydrogen-bond donors (Lipinski definition) is 2. The number of nitrogens with zero attached hydrogens (tertiary/aromatic N) is 2. The van der Waals surface area contributed by atoms with E-state index in [1.165, 1.54) is 6.33 Å². The van der Waals surface area contributed by atoms with Crippen LogP contribution in [0.25, 0.3) is 11.3 Å². The molecule has 0 unspecified atom stereocenters. The third kappa shape index (κ3) is 1.47. The van der Waals surface area contributed by atoms with Gasteiger partial charge >= 0.3 is 0 Å². The summed E-state index contributed by atoms with van der Waals surface area (Å²) in [6, 6.07) is 7.63. The molecule has 17 heavy (non-hydrogen) atoms. The van der Waals surface area contributed by atoms with Crippen molar-refractivity contribution >= 4 is 11.6 Å². The van der Waals surface area contributed by atoms with Crippen LogP contribution in [0.4, 0.5) is 5.69 Å². The molecule has 5 heteroatoms. The molecular formula is C12H8N4O. The van der Waals surface area contributed by atoms with Crippen LogP contribution in [0.1, 0.15) is 11.3 Å². The molecule has 0 saturated carbocycles. The second-order valence-electron chi connectivity index (χ2n) is 3.83. The fraction of sp³-hybridized carbons (Fsp3) is 0.0833. The molecule has 2 aromatic rings. The highest BCUT2D eigenvalue weighted by atomic mass is 16.1. The Morgan fingerprint density at radius 2 is 2.29 bits per heavy atom. The minimum atomic E-state index is 0.00210. The Morgan fingerprint density at radius 1 is 1.41 bits per heavy atom. The Balaban J connectivity index is 2.10. The number of fused-ring (bicyclic) bond motifs is 1. The molecule has 0 radical (unpaired) electrons. The summed E-state index contributed by atoms with van der Waals surface area (Å²) in [5, 5.41) is 11.7. The minimum Gasteiger partial charge on any atom is -0.343 e. The van der Waals surface area contributed by atoms with Crippen LogP contribution in [0.5, 0.6) is 0 Å². The molecule has 1 aromatic carbocycles. The van der Waals surface area contributed by atoms with Gasteiger partial charge in [-0.15, -0.1) is 0 Å². The van der Waals surface area contributed by atoms with E-state index in [1.54, 1.807) is 0 Å². The number of rotatable bonds is 1. The lowest BCUT2D eigenvalue weighted by Crippen LogP contribution is -2.03. The standard InChI is InChI=1S/C12H8N4O/c13-5-10-12(15-6-14-10)7-1-2-9-8(3-7)4-11(17)16-9/h1-3,6H,4H2,(H,14,15)(H,16,17). The van der Waals surface area contributed by atoms with Crippen LogP contribution in [0.15, 0.2) is 24.5 Å². The summed E-state index contributed by atoms with van der Waals surface area (Å²) in [6.07, 6.45) is 1.88. The van der Waals surface area contributed by atoms with Gasteiger partial charge in [-0.25, -0.2) is 4.98 Å². The van der Waals surface area contributed by atoms with Crippen LogP contribution in [0.2, 0.25) is 0 Å². The minimum absolute atomic E-state index is 0.00210. The van der Waals surface area contributed by atoms with E-state index in [1.807, 2.05) is 24.3 Å². The van der Waals surface area contributed by atoms with Gasteiger partial charge in [0, 0.05) is 11.3 Å². The summed E-state index contributed by atoms with van der Waals surface area (Å²) >= 11 is 0. The average molecular weight is 224 g/mol. The molecule has 82 valence electrons. The number of benzene rings is 1. The molecule has 0 spiro atoms. The van der Waals surface area contributed by atoms with E-state index in [0.29, 0.717) is 17.8 Å². The summed E-state index contributed by atoms with van der Waals surface area (Å²) in [7, 11) is 0. The Kier molecular flexibility index (Phi) is 1.95. The van der Waals surface area contributed by atoms with Gasteiger partial charge in [0.2, 0.25) is 5.91 Å². The normalized spacial score (nSPS) is 13.0. The first-order chi connectivity index (χ1) is 8.28. The van der Waals surface area contributed by atoms with Crippen molar-refractivity contribution in [1.82, 2.24) is 9.97 Å². The summed E-state index contributed by atoms with van der Waals surface area (Å²) < 4.78 is 0. The number of anilines is 1. The number of aromatic amines is 1. The zero-order valence-corrected chi connectivity index (χ0v) is 8.82. The van der Waals surface area contributed by atoms with Gasteiger partial charge in [-0.05, 0) is 17.7 Å². The van der Waals surface area contributed by atoms with E-state index >= 15 is 0 Å². The van der Waals surface area contributed by atoms with Crippen molar-refractivity contribution < 1.29 is 4.79 Å². The van der Waals surface area contributed by atoms with Crippen LogP contribution in [0, 0.1) is 11.3 Å². The van der Waals surface area contributed by atoms with Crippen molar-refractivity contribution in [3.8, 4) is 17.3 Å². The number of nitriles is 1. The molecule has 3 rings (SSSR count). The average Bonchev–Trinajstić information content (AvgIpc) is 2.91. The summed E-state index contributed by atoms with van der Waals surface area (Å²) in [5.41, 5.74) is 3.72. The maximum absolute atomic E-state index is 11.2. The second-order valence-corrected chi connectivity index (χ2v) is 3.83. The molecule has 0 atom stereocenters. The summed E-state index contributed by atoms with van der Waals surface area (Å²) in [4.78, 5) is 18.1. The van der Waals surface area contributed by atoms with Crippen LogP contribution in [-0.2, 0) is 11.2 Å². The van der Waals surface area contributed by atoms with E-state index in [4.69, 9.17) is 5.26 Å². The fourth-order valence-electron chi connectivity index (χ4n) is 1.98. The Bertz CT molecular complexity index is 651. The number of hydrogen-bond acceptors (Lipinski definition) is 3. The predicted octanol–water partition coefficient (Wildman–Crippen LogP) is 1.44. The number of carbonyl (C=O) groups excluding carboxylic acids is 1. The first kappa shape index (κ1) is 9.60. The van der Waals surface area contributed by atoms with Crippen molar-refractivity contribution in [2.45, 2.75) is 6.42 Å². The number of nitrogens with one attached hydrogen (secondary N) is 2. The SMILES string of the molecule is N#Cc1nc[nH]c1-c1ccc2c(c1)CC(=O)N2. The molecular weight excluding hydrogens is 216 g/mol. The number of H-pyrrole nitrogens is 1. The van der Waals surface area contributed by atoms with Gasteiger partial charge in [0.25, 0.3) is 0 Å². The Morgan fingerprint density at radius 3 is 3.12 bits per heavy atom. The molecule has 2 heterocycles. The lowest BCUT2D eigenvalue weighted by atomic mass is 10.1. The van der Waals surface area contributed by atoms with E-state index in [9.17, 15) is 4.79 Å². The highest BCUT2D eigenvalue weighted by molar-refractivity contribution is 5.99. The third-order valence-corrected chi connectivity index (χ3v) is 2.76. The zero-order chi connectivity index (χ0) is 11.8. The second kappa shape index (κ2) is 3.46. The van der Waals surface area contributed by atoms with Gasteiger partial charge in [0.05, 0.1) is 18.4 Å². The van der Waals surface area contributed by atoms with Crippen LogP contribution in [-0.4, -0.2) is 15.9 Å². The molecule has 1 aromatic heterocycles. The van der Waals surface area contributed by atoms with Crippen molar-refractivity contribution in [1.29, 1.82) is 5.26 Å². The molecule has 1 aliphatic rings. The number of carbonyl (C=O) groups is 1. The highest BCUT2D eigenvalue weighted by Crippen LogP contribution is 2.29. The predicted molar refractivity (Wildman–Crippen MR) is 61.1 cm³/mol. The summed E-state index contributed by atoms with van der Waals surface area (Å²) in [5.74, 6) is 0.00210. The van der Waals surface area contributed by atoms with E-state index in [-0.39, 0.29) is 5.91 Å². The lowest BCUT2D eigenvalue weighted by Gasteiger charge is -2.02. The molecule has 0 saturated heterocycles. The van der Waals surface area contributed by atoms with Gasteiger partial charge in [0.15, 0.2) is 5.69 Å². The van der Waals surface area contributed by atoms with Crippen molar-refractivity contribution in [3.05, 3.63) is 35.8 Å². The van der Waals surface area contributed by atoms with E-state index < -0.39 is 0 Å². The molecule has 0 bridgehead atoms. The number of aromatic nitrogens is 2. The maximum atomic E-state index is 11.2. The first-order valence-electron chi connectivity index (χ1n) is 5.14. The molecule has 1 aliphatic heterocycles. The zero-order valence-electron chi connectivity index (χ0n) is 8.82. The largest absolute Gasteiger partial charge is 0.343 e. The molecule has 0 aliphatic carbocycles. The van der Waals surface area contributed by atoms with Crippen molar-refractivity contribution in [2.24, 2.45) is 0 Å². The maximum Gasteiger partial charge on any atom is 0.228 e. The van der Waals surface area contributed by atoms with Crippen LogP contribution in [0.3, 0.4) is 0 Å². The highest BCUT2D eigenvalue weighted by Gasteiger charge is 2.18. The Labute approximate surface area is 97.1 Å². The third-order valence-electron chi connectivity index (χ3n) is 2.76.